The molecule has 2 aliphatic carbocycles. The van der Waals surface area contributed by atoms with Crippen LogP contribution in [0, 0.1) is 17.3 Å². The Labute approximate surface area is 96.5 Å². The second-order valence-corrected chi connectivity index (χ2v) is 6.46. The Kier molecular flexibility index (Phi) is 3.47. The van der Waals surface area contributed by atoms with E-state index in [-0.39, 0.29) is 0 Å². The summed E-state index contributed by atoms with van der Waals surface area (Å²) in [7, 11) is 2.63. The molecule has 2 fully saturated rings. The highest BCUT2D eigenvalue weighted by Gasteiger charge is 2.40. The van der Waals surface area contributed by atoms with Crippen molar-refractivity contribution in [3.8, 4) is 0 Å². The van der Waals surface area contributed by atoms with Gasteiger partial charge in [-0.1, -0.05) is 58.6 Å². The Morgan fingerprint density at radius 3 is 2.47 bits per heavy atom. The van der Waals surface area contributed by atoms with Crippen molar-refractivity contribution < 1.29 is 0 Å². The Morgan fingerprint density at radius 1 is 1.33 bits per heavy atom. The van der Waals surface area contributed by atoms with Gasteiger partial charge in [-0.25, -0.2) is 0 Å². The van der Waals surface area contributed by atoms with E-state index in [9.17, 15) is 0 Å². The predicted molar refractivity (Wildman–Crippen MR) is 68.4 cm³/mol. The molecule has 0 bridgehead atoms. The summed E-state index contributed by atoms with van der Waals surface area (Å²) in [6.07, 6.45) is 10.2. The van der Waals surface area contributed by atoms with Crippen molar-refractivity contribution in [1.29, 1.82) is 0 Å². The Bertz CT molecular complexity index is 201. The average molecular weight is 205 g/mol. The molecule has 1 heteroatoms. The van der Waals surface area contributed by atoms with Crippen molar-refractivity contribution in [3.05, 3.63) is 0 Å². The van der Waals surface area contributed by atoms with Crippen LogP contribution in [0.3, 0.4) is 0 Å². The molecular weight excluding hydrogens is 179 g/mol. The van der Waals surface area contributed by atoms with E-state index >= 15 is 0 Å². The van der Waals surface area contributed by atoms with Crippen LogP contribution < -0.4 is 0 Å². The van der Waals surface area contributed by atoms with Crippen LogP contribution in [0.5, 0.6) is 0 Å². The molecule has 1 radical (unpaired) electrons. The van der Waals surface area contributed by atoms with Gasteiger partial charge in [-0.3, -0.25) is 0 Å². The number of hydrogen-bond donors (Lipinski definition) is 0. The minimum atomic E-state index is 0.698. The third-order valence-electron chi connectivity index (χ3n) is 5.17. The van der Waals surface area contributed by atoms with Gasteiger partial charge in [0.1, 0.15) is 7.28 Å². The van der Waals surface area contributed by atoms with E-state index in [4.69, 9.17) is 0 Å². The van der Waals surface area contributed by atoms with E-state index in [2.05, 4.69) is 28.1 Å². The van der Waals surface area contributed by atoms with Crippen LogP contribution in [-0.4, -0.2) is 7.28 Å². The van der Waals surface area contributed by atoms with Gasteiger partial charge in [0.05, 0.1) is 0 Å². The molecule has 0 saturated heterocycles. The van der Waals surface area contributed by atoms with E-state index in [1.54, 1.807) is 0 Å². The molecule has 1 atom stereocenters. The van der Waals surface area contributed by atoms with Gasteiger partial charge in [-0.05, 0) is 30.1 Å². The molecule has 2 rings (SSSR count). The summed E-state index contributed by atoms with van der Waals surface area (Å²) in [4.78, 5) is 0. The molecule has 1 unspecified atom stereocenters. The third-order valence-corrected chi connectivity index (χ3v) is 5.17. The fourth-order valence-electron chi connectivity index (χ4n) is 3.19. The molecule has 0 nitrogen and oxygen atoms in total. The monoisotopic (exact) mass is 205 g/mol. The summed E-state index contributed by atoms with van der Waals surface area (Å²) in [6.45, 7) is 7.25. The molecule has 0 amide bonds. The van der Waals surface area contributed by atoms with E-state index in [1.807, 2.05) is 0 Å². The smallest absolute Gasteiger partial charge is 0.0772 e. The summed E-state index contributed by atoms with van der Waals surface area (Å²) in [5.41, 5.74) is 0.698. The first kappa shape index (κ1) is 11.5. The molecule has 2 aliphatic rings. The van der Waals surface area contributed by atoms with Crippen LogP contribution in [0.1, 0.15) is 59.3 Å². The molecule has 0 aromatic rings. The van der Waals surface area contributed by atoms with Gasteiger partial charge < -0.3 is 0 Å². The third kappa shape index (κ3) is 2.60. The van der Waals surface area contributed by atoms with E-state index in [0.717, 1.165) is 17.7 Å². The second kappa shape index (κ2) is 4.51. The van der Waals surface area contributed by atoms with Gasteiger partial charge in [0.2, 0.25) is 0 Å². The van der Waals surface area contributed by atoms with Crippen molar-refractivity contribution >= 4 is 7.28 Å². The molecule has 0 aromatic heterocycles. The van der Waals surface area contributed by atoms with Crippen molar-refractivity contribution in [1.82, 2.24) is 0 Å². The Morgan fingerprint density at radius 2 is 2.00 bits per heavy atom. The lowest BCUT2D eigenvalue weighted by molar-refractivity contribution is 0.0681. The molecule has 0 heterocycles. The zero-order valence-corrected chi connectivity index (χ0v) is 10.8. The highest BCUT2D eigenvalue weighted by molar-refractivity contribution is 6.37. The Balaban J connectivity index is 1.62. The summed E-state index contributed by atoms with van der Waals surface area (Å²) in [6, 6.07) is 0. The fourth-order valence-corrected chi connectivity index (χ4v) is 3.19. The maximum Gasteiger partial charge on any atom is 0.113 e. The lowest BCUT2D eigenvalue weighted by atomic mass is 9.46. The average Bonchev–Trinajstić information content (AvgIpc) is 2.10. The first-order valence-electron chi connectivity index (χ1n) is 6.96. The summed E-state index contributed by atoms with van der Waals surface area (Å²) < 4.78 is 0. The summed E-state index contributed by atoms with van der Waals surface area (Å²) in [5.74, 6) is 2.95. The van der Waals surface area contributed by atoms with Crippen LogP contribution in [0.25, 0.3) is 0 Å². The molecule has 0 N–H and O–H groups in total. The summed E-state index contributed by atoms with van der Waals surface area (Å²) in [5, 5.41) is 0. The van der Waals surface area contributed by atoms with Crippen LogP contribution in [-0.2, 0) is 0 Å². The van der Waals surface area contributed by atoms with E-state index < -0.39 is 0 Å². The lowest BCUT2D eigenvalue weighted by Crippen LogP contribution is -2.37. The molecule has 15 heavy (non-hydrogen) atoms. The minimum Gasteiger partial charge on any atom is -0.0772 e. The zero-order chi connectivity index (χ0) is 10.9. The SMILES string of the molecule is CCC1(C)CC(C(C)[B]CC2CCC2)C1. The number of rotatable bonds is 5. The molecule has 0 spiro atoms. The maximum atomic E-state index is 2.63. The van der Waals surface area contributed by atoms with Crippen LogP contribution >= 0.6 is 0 Å². The zero-order valence-electron chi connectivity index (χ0n) is 10.8. The van der Waals surface area contributed by atoms with Gasteiger partial charge >= 0.3 is 0 Å². The first-order chi connectivity index (χ1) is 7.13. The first-order valence-corrected chi connectivity index (χ1v) is 6.96. The predicted octanol–water partition coefficient (Wildman–Crippen LogP) is 4.54. The Hall–Kier alpha value is 0.0649. The topological polar surface area (TPSA) is 0 Å². The quantitative estimate of drug-likeness (QED) is 0.578. The second-order valence-electron chi connectivity index (χ2n) is 6.46. The van der Waals surface area contributed by atoms with Gasteiger partial charge in [-0.15, -0.1) is 0 Å². The van der Waals surface area contributed by atoms with Gasteiger partial charge in [0.25, 0.3) is 0 Å². The van der Waals surface area contributed by atoms with Gasteiger partial charge in [0.15, 0.2) is 0 Å². The lowest BCUT2D eigenvalue weighted by Gasteiger charge is -2.48. The van der Waals surface area contributed by atoms with Gasteiger partial charge in [0, 0.05) is 0 Å². The van der Waals surface area contributed by atoms with Gasteiger partial charge in [-0.2, -0.15) is 0 Å². The minimum absolute atomic E-state index is 0.698. The van der Waals surface area contributed by atoms with E-state index in [0.29, 0.717) is 5.41 Å². The van der Waals surface area contributed by atoms with Crippen LogP contribution in [0.2, 0.25) is 12.1 Å². The molecule has 85 valence electrons. The highest BCUT2D eigenvalue weighted by Crippen LogP contribution is 2.52. The van der Waals surface area contributed by atoms with Crippen LogP contribution in [0.15, 0.2) is 0 Å². The van der Waals surface area contributed by atoms with Crippen LogP contribution in [0.4, 0.5) is 0 Å². The summed E-state index contributed by atoms with van der Waals surface area (Å²) >= 11 is 0. The van der Waals surface area contributed by atoms with E-state index in [1.165, 1.54) is 44.8 Å². The largest absolute Gasteiger partial charge is 0.113 e. The normalized spacial score (nSPS) is 37.9. The maximum absolute atomic E-state index is 2.63. The standard InChI is InChI=1S/C14H26B/c1-4-14(3)8-13(9-14)11(2)15-10-12-6-5-7-12/h11-13H,4-10H2,1-3H3. The molecule has 0 aliphatic heterocycles. The molecule has 2 saturated carbocycles. The molecule has 0 aromatic carbocycles. The number of hydrogen-bond acceptors (Lipinski definition) is 0. The van der Waals surface area contributed by atoms with Crippen molar-refractivity contribution in [2.75, 3.05) is 0 Å². The van der Waals surface area contributed by atoms with Crippen molar-refractivity contribution in [3.63, 3.8) is 0 Å². The van der Waals surface area contributed by atoms with Crippen molar-refractivity contribution in [2.24, 2.45) is 17.3 Å². The highest BCUT2D eigenvalue weighted by atomic mass is 14.4. The molecular formula is C14H26B. The fraction of sp³-hybridized carbons (Fsp3) is 1.00. The van der Waals surface area contributed by atoms with Crippen molar-refractivity contribution in [2.45, 2.75) is 71.4 Å².